The number of methoxy groups -OCH3 is 1. The second kappa shape index (κ2) is 7.61. The zero-order chi connectivity index (χ0) is 17.6. The van der Waals surface area contributed by atoms with Gasteiger partial charge < -0.3 is 15.0 Å². The molecule has 1 amide bonds. The van der Waals surface area contributed by atoms with Crippen molar-refractivity contribution in [1.82, 2.24) is 15.3 Å². The number of nitrogens with one attached hydrogen (secondary N) is 1. The van der Waals surface area contributed by atoms with Crippen molar-refractivity contribution in [2.75, 3.05) is 25.6 Å². The third-order valence-corrected chi connectivity index (χ3v) is 3.93. The van der Waals surface area contributed by atoms with Gasteiger partial charge in [-0.25, -0.2) is 9.97 Å². The lowest BCUT2D eigenvalue weighted by atomic mass is 10.2. The number of carbonyl (C=O) groups is 1. The lowest BCUT2D eigenvalue weighted by Gasteiger charge is -2.19. The highest BCUT2D eigenvalue weighted by Gasteiger charge is 2.12. The van der Waals surface area contributed by atoms with Gasteiger partial charge in [0.2, 0.25) is 5.91 Å². The van der Waals surface area contributed by atoms with Gasteiger partial charge in [0.1, 0.15) is 17.9 Å². The highest BCUT2D eigenvalue weighted by Crippen LogP contribution is 2.21. The van der Waals surface area contributed by atoms with E-state index in [4.69, 9.17) is 4.74 Å². The van der Waals surface area contributed by atoms with Crippen molar-refractivity contribution in [3.05, 3.63) is 60.4 Å². The van der Waals surface area contributed by atoms with E-state index in [-0.39, 0.29) is 12.5 Å². The van der Waals surface area contributed by atoms with Gasteiger partial charge in [0.05, 0.1) is 19.2 Å². The Balaban J connectivity index is 1.66. The molecule has 0 fully saturated rings. The van der Waals surface area contributed by atoms with Crippen LogP contribution in [-0.4, -0.2) is 36.6 Å². The minimum atomic E-state index is -0.0869. The van der Waals surface area contributed by atoms with Gasteiger partial charge in [0.25, 0.3) is 0 Å². The Kier molecular flexibility index (Phi) is 5.09. The van der Waals surface area contributed by atoms with Gasteiger partial charge in [-0.05, 0) is 18.2 Å². The van der Waals surface area contributed by atoms with Gasteiger partial charge >= 0.3 is 0 Å². The molecule has 0 bridgehead atoms. The zero-order valence-electron chi connectivity index (χ0n) is 14.3. The number of ether oxygens (including phenoxy) is 1. The average Bonchev–Trinajstić information content (AvgIpc) is 2.66. The Bertz CT molecular complexity index is 877. The van der Waals surface area contributed by atoms with Crippen molar-refractivity contribution >= 4 is 22.6 Å². The topological polar surface area (TPSA) is 67.3 Å². The smallest absolute Gasteiger partial charge is 0.239 e. The first-order chi connectivity index (χ1) is 12.2. The number of hydrogen-bond acceptors (Lipinski definition) is 5. The standard InChI is InChI=1S/C19H20N4O2/c1-23(19-15-8-4-5-9-16(15)21-13-22-19)12-18(24)20-11-14-7-3-6-10-17(14)25-2/h3-10,13H,11-12H2,1-2H3,(H,20,24). The first kappa shape index (κ1) is 16.7. The van der Waals surface area contributed by atoms with Crippen molar-refractivity contribution < 1.29 is 9.53 Å². The number of benzene rings is 2. The SMILES string of the molecule is COc1ccccc1CNC(=O)CN(C)c1ncnc2ccccc12. The van der Waals surface area contributed by atoms with E-state index in [1.165, 1.54) is 6.33 Å². The molecule has 0 atom stereocenters. The first-order valence-electron chi connectivity index (χ1n) is 7.98. The number of likely N-dealkylation sites (N-methyl/N-ethyl adjacent to an activating group) is 1. The molecule has 3 aromatic rings. The van der Waals surface area contributed by atoms with Gasteiger partial charge in [-0.3, -0.25) is 4.79 Å². The second-order valence-corrected chi connectivity index (χ2v) is 5.66. The Hall–Kier alpha value is -3.15. The first-order valence-corrected chi connectivity index (χ1v) is 7.98. The van der Waals surface area contributed by atoms with Crippen LogP contribution in [0.3, 0.4) is 0 Å². The fourth-order valence-corrected chi connectivity index (χ4v) is 2.68. The number of carbonyl (C=O) groups excluding carboxylic acids is 1. The number of aromatic nitrogens is 2. The zero-order valence-corrected chi connectivity index (χ0v) is 14.3. The van der Waals surface area contributed by atoms with Crippen molar-refractivity contribution in [3.8, 4) is 5.75 Å². The van der Waals surface area contributed by atoms with E-state index in [9.17, 15) is 4.79 Å². The number of amides is 1. The predicted octanol–water partition coefficient (Wildman–Crippen LogP) is 2.39. The van der Waals surface area contributed by atoms with E-state index in [1.807, 2.05) is 60.5 Å². The third kappa shape index (κ3) is 3.85. The van der Waals surface area contributed by atoms with Crippen LogP contribution >= 0.6 is 0 Å². The quantitative estimate of drug-likeness (QED) is 0.749. The molecule has 25 heavy (non-hydrogen) atoms. The Morgan fingerprint density at radius 1 is 1.12 bits per heavy atom. The highest BCUT2D eigenvalue weighted by molar-refractivity contribution is 5.91. The molecule has 0 unspecified atom stereocenters. The van der Waals surface area contributed by atoms with Crippen LogP contribution in [-0.2, 0) is 11.3 Å². The monoisotopic (exact) mass is 336 g/mol. The molecule has 3 rings (SSSR count). The van der Waals surface area contributed by atoms with E-state index in [0.29, 0.717) is 6.54 Å². The van der Waals surface area contributed by atoms with Gasteiger partial charge in [-0.15, -0.1) is 0 Å². The van der Waals surface area contributed by atoms with Crippen LogP contribution < -0.4 is 15.0 Å². The molecule has 6 nitrogen and oxygen atoms in total. The summed E-state index contributed by atoms with van der Waals surface area (Å²) in [5, 5.41) is 3.84. The lowest BCUT2D eigenvalue weighted by molar-refractivity contribution is -0.119. The molecule has 0 radical (unpaired) electrons. The number of nitrogens with zero attached hydrogens (tertiary/aromatic N) is 3. The van der Waals surface area contributed by atoms with E-state index in [2.05, 4.69) is 15.3 Å². The molecule has 0 aliphatic rings. The van der Waals surface area contributed by atoms with Crippen LogP contribution in [0, 0.1) is 0 Å². The minimum Gasteiger partial charge on any atom is -0.496 e. The summed E-state index contributed by atoms with van der Waals surface area (Å²) in [7, 11) is 3.46. The van der Waals surface area contributed by atoms with Crippen LogP contribution in [0.25, 0.3) is 10.9 Å². The van der Waals surface area contributed by atoms with E-state index in [0.717, 1.165) is 28.0 Å². The van der Waals surface area contributed by atoms with Crippen LogP contribution in [0.2, 0.25) is 0 Å². The molecule has 0 spiro atoms. The molecule has 6 heteroatoms. The summed E-state index contributed by atoms with van der Waals surface area (Å²) < 4.78 is 5.30. The normalized spacial score (nSPS) is 10.5. The molecule has 0 saturated heterocycles. The number of hydrogen-bond donors (Lipinski definition) is 1. The summed E-state index contributed by atoms with van der Waals surface area (Å²) in [4.78, 5) is 22.7. The van der Waals surface area contributed by atoms with Gasteiger partial charge in [-0.2, -0.15) is 0 Å². The summed E-state index contributed by atoms with van der Waals surface area (Å²) >= 11 is 0. The van der Waals surface area contributed by atoms with Crippen molar-refractivity contribution in [2.24, 2.45) is 0 Å². The molecule has 128 valence electrons. The maximum absolute atomic E-state index is 12.3. The second-order valence-electron chi connectivity index (χ2n) is 5.66. The van der Waals surface area contributed by atoms with Gasteiger partial charge in [0.15, 0.2) is 0 Å². The largest absolute Gasteiger partial charge is 0.496 e. The summed E-state index contributed by atoms with van der Waals surface area (Å²) in [5.41, 5.74) is 1.79. The van der Waals surface area contributed by atoms with Crippen LogP contribution in [0.15, 0.2) is 54.9 Å². The fraction of sp³-hybridized carbons (Fsp3) is 0.211. The van der Waals surface area contributed by atoms with Crippen molar-refractivity contribution in [3.63, 3.8) is 0 Å². The molecule has 0 aliphatic heterocycles. The Morgan fingerprint density at radius 3 is 2.72 bits per heavy atom. The van der Waals surface area contributed by atoms with E-state index < -0.39 is 0 Å². The molecular formula is C19H20N4O2. The number of para-hydroxylation sites is 2. The number of anilines is 1. The summed E-state index contributed by atoms with van der Waals surface area (Å²) in [6, 6.07) is 15.4. The lowest BCUT2D eigenvalue weighted by Crippen LogP contribution is -2.35. The molecule has 2 aromatic carbocycles. The fourth-order valence-electron chi connectivity index (χ4n) is 2.68. The van der Waals surface area contributed by atoms with Crippen molar-refractivity contribution in [1.29, 1.82) is 0 Å². The highest BCUT2D eigenvalue weighted by atomic mass is 16.5. The maximum atomic E-state index is 12.3. The third-order valence-electron chi connectivity index (χ3n) is 3.93. The summed E-state index contributed by atoms with van der Waals surface area (Å²) in [6.45, 7) is 0.622. The summed E-state index contributed by atoms with van der Waals surface area (Å²) in [6.07, 6.45) is 1.51. The molecule has 1 aromatic heterocycles. The van der Waals surface area contributed by atoms with Crippen LogP contribution in [0.1, 0.15) is 5.56 Å². The van der Waals surface area contributed by atoms with E-state index >= 15 is 0 Å². The summed E-state index contributed by atoms with van der Waals surface area (Å²) in [5.74, 6) is 1.41. The minimum absolute atomic E-state index is 0.0869. The van der Waals surface area contributed by atoms with Gasteiger partial charge in [-0.1, -0.05) is 30.3 Å². The average molecular weight is 336 g/mol. The molecular weight excluding hydrogens is 316 g/mol. The molecule has 1 N–H and O–H groups in total. The molecule has 0 aliphatic carbocycles. The van der Waals surface area contributed by atoms with Crippen LogP contribution in [0.4, 0.5) is 5.82 Å². The molecule has 1 heterocycles. The molecule has 0 saturated carbocycles. The number of fused-ring (bicyclic) bond motifs is 1. The predicted molar refractivity (Wildman–Crippen MR) is 97.6 cm³/mol. The maximum Gasteiger partial charge on any atom is 0.239 e. The number of rotatable bonds is 6. The Labute approximate surface area is 146 Å². The Morgan fingerprint density at radius 2 is 1.88 bits per heavy atom. The van der Waals surface area contributed by atoms with Crippen molar-refractivity contribution in [2.45, 2.75) is 6.54 Å². The van der Waals surface area contributed by atoms with Crippen LogP contribution in [0.5, 0.6) is 5.75 Å². The van der Waals surface area contributed by atoms with E-state index in [1.54, 1.807) is 7.11 Å². The van der Waals surface area contributed by atoms with Gasteiger partial charge in [0, 0.05) is 24.5 Å².